The highest BCUT2D eigenvalue weighted by molar-refractivity contribution is 5.96. The number of aromatic nitrogens is 1. The van der Waals surface area contributed by atoms with Gasteiger partial charge in [-0.05, 0) is 24.6 Å². The van der Waals surface area contributed by atoms with Gasteiger partial charge < -0.3 is 15.5 Å². The molecule has 0 aliphatic rings. The van der Waals surface area contributed by atoms with Crippen molar-refractivity contribution in [1.29, 1.82) is 0 Å². The van der Waals surface area contributed by atoms with Gasteiger partial charge in [-0.25, -0.2) is 4.98 Å². The maximum Gasteiger partial charge on any atom is 0.241 e. The zero-order valence-electron chi connectivity index (χ0n) is 12.1. The summed E-state index contributed by atoms with van der Waals surface area (Å²) < 4.78 is 5.63. The molecule has 0 fully saturated rings. The summed E-state index contributed by atoms with van der Waals surface area (Å²) >= 11 is 0. The SMILES string of the molecule is CCC[C@@H](N)C(=O)Nc1ccc2oc(C(C)C)nc2c1. The topological polar surface area (TPSA) is 81.2 Å². The minimum absolute atomic E-state index is 0.168. The number of nitrogens with one attached hydrogen (secondary N) is 1. The highest BCUT2D eigenvalue weighted by atomic mass is 16.3. The van der Waals surface area contributed by atoms with E-state index in [1.807, 2.05) is 26.8 Å². The summed E-state index contributed by atoms with van der Waals surface area (Å²) in [6, 6.07) is 4.95. The minimum Gasteiger partial charge on any atom is -0.440 e. The largest absolute Gasteiger partial charge is 0.440 e. The van der Waals surface area contributed by atoms with Gasteiger partial charge in [0.05, 0.1) is 6.04 Å². The van der Waals surface area contributed by atoms with Crippen LogP contribution in [-0.2, 0) is 4.79 Å². The number of fused-ring (bicyclic) bond motifs is 1. The van der Waals surface area contributed by atoms with Crippen LogP contribution in [0.3, 0.4) is 0 Å². The number of benzene rings is 1. The third-order valence-electron chi connectivity index (χ3n) is 3.10. The van der Waals surface area contributed by atoms with Gasteiger partial charge >= 0.3 is 0 Å². The summed E-state index contributed by atoms with van der Waals surface area (Å²) in [5.41, 5.74) is 7.95. The Morgan fingerprint density at radius 3 is 2.85 bits per heavy atom. The predicted octanol–water partition coefficient (Wildman–Crippen LogP) is 3.02. The fourth-order valence-corrected chi connectivity index (χ4v) is 1.95. The van der Waals surface area contributed by atoms with Crippen molar-refractivity contribution in [3.63, 3.8) is 0 Å². The van der Waals surface area contributed by atoms with Gasteiger partial charge in [0, 0.05) is 11.6 Å². The molecule has 2 rings (SSSR count). The standard InChI is InChI=1S/C15H21N3O2/c1-4-5-11(16)14(19)17-10-6-7-13-12(8-10)18-15(20-13)9(2)3/h6-9,11H,4-5,16H2,1-3H3,(H,17,19)/t11-/m1/s1. The first-order valence-electron chi connectivity index (χ1n) is 6.98. The molecule has 0 saturated heterocycles. The molecular formula is C15H21N3O2. The van der Waals surface area contributed by atoms with Gasteiger partial charge in [0.2, 0.25) is 5.91 Å². The average molecular weight is 275 g/mol. The number of carbonyl (C=O) groups is 1. The molecule has 5 heteroatoms. The molecular weight excluding hydrogens is 254 g/mol. The van der Waals surface area contributed by atoms with Gasteiger partial charge in [0.25, 0.3) is 0 Å². The number of hydrogen-bond donors (Lipinski definition) is 2. The van der Waals surface area contributed by atoms with Gasteiger partial charge in [-0.1, -0.05) is 27.2 Å². The van der Waals surface area contributed by atoms with E-state index in [1.165, 1.54) is 0 Å². The summed E-state index contributed by atoms with van der Waals surface area (Å²) in [5.74, 6) is 0.767. The second-order valence-corrected chi connectivity index (χ2v) is 5.27. The Hall–Kier alpha value is -1.88. The van der Waals surface area contributed by atoms with E-state index < -0.39 is 6.04 Å². The second-order valence-electron chi connectivity index (χ2n) is 5.27. The molecule has 0 saturated carbocycles. The van der Waals surface area contributed by atoms with E-state index in [1.54, 1.807) is 12.1 Å². The Bertz CT molecular complexity index is 604. The molecule has 1 aromatic heterocycles. The van der Waals surface area contributed by atoms with Gasteiger partial charge in [0.15, 0.2) is 11.5 Å². The quantitative estimate of drug-likeness (QED) is 0.878. The number of nitrogens with zero attached hydrogens (tertiary/aromatic N) is 1. The molecule has 1 heterocycles. The Morgan fingerprint density at radius 1 is 1.45 bits per heavy atom. The summed E-state index contributed by atoms with van der Waals surface area (Å²) in [5, 5.41) is 2.81. The second kappa shape index (κ2) is 6.05. The van der Waals surface area contributed by atoms with Crippen molar-refractivity contribution in [3.05, 3.63) is 24.1 Å². The van der Waals surface area contributed by atoms with Crippen LogP contribution in [0.5, 0.6) is 0 Å². The van der Waals surface area contributed by atoms with Crippen molar-refractivity contribution in [2.24, 2.45) is 5.73 Å². The maximum atomic E-state index is 11.9. The number of oxazole rings is 1. The van der Waals surface area contributed by atoms with Crippen LogP contribution in [0.1, 0.15) is 45.4 Å². The molecule has 5 nitrogen and oxygen atoms in total. The third-order valence-corrected chi connectivity index (χ3v) is 3.10. The number of hydrogen-bond acceptors (Lipinski definition) is 4. The monoisotopic (exact) mass is 275 g/mol. The lowest BCUT2D eigenvalue weighted by atomic mass is 10.1. The lowest BCUT2D eigenvalue weighted by Crippen LogP contribution is -2.35. The molecule has 0 spiro atoms. The van der Waals surface area contributed by atoms with Crippen LogP contribution >= 0.6 is 0 Å². The Balaban J connectivity index is 2.17. The van der Waals surface area contributed by atoms with Crippen molar-refractivity contribution in [1.82, 2.24) is 4.98 Å². The van der Waals surface area contributed by atoms with Crippen molar-refractivity contribution >= 4 is 22.7 Å². The van der Waals surface area contributed by atoms with Gasteiger partial charge in [-0.3, -0.25) is 4.79 Å². The van der Waals surface area contributed by atoms with E-state index in [2.05, 4.69) is 10.3 Å². The number of carbonyl (C=O) groups excluding carboxylic acids is 1. The first-order valence-corrected chi connectivity index (χ1v) is 6.98. The van der Waals surface area contributed by atoms with Crippen LogP contribution in [0.2, 0.25) is 0 Å². The smallest absolute Gasteiger partial charge is 0.241 e. The average Bonchev–Trinajstić information content (AvgIpc) is 2.82. The number of anilines is 1. The zero-order chi connectivity index (χ0) is 14.7. The first kappa shape index (κ1) is 14.5. The molecule has 108 valence electrons. The van der Waals surface area contributed by atoms with Crippen molar-refractivity contribution in [2.45, 2.75) is 45.6 Å². The first-order chi connectivity index (χ1) is 9.51. The maximum absolute atomic E-state index is 11.9. The lowest BCUT2D eigenvalue weighted by molar-refractivity contribution is -0.117. The number of amides is 1. The Morgan fingerprint density at radius 2 is 2.20 bits per heavy atom. The van der Waals surface area contributed by atoms with Crippen LogP contribution in [0.15, 0.2) is 22.6 Å². The molecule has 0 bridgehead atoms. The van der Waals surface area contributed by atoms with Crippen LogP contribution in [-0.4, -0.2) is 16.9 Å². The predicted molar refractivity (Wildman–Crippen MR) is 79.6 cm³/mol. The fraction of sp³-hybridized carbons (Fsp3) is 0.467. The van der Waals surface area contributed by atoms with E-state index in [-0.39, 0.29) is 11.8 Å². The van der Waals surface area contributed by atoms with Crippen molar-refractivity contribution < 1.29 is 9.21 Å². The van der Waals surface area contributed by atoms with E-state index in [9.17, 15) is 4.79 Å². The lowest BCUT2D eigenvalue weighted by Gasteiger charge is -2.10. The molecule has 3 N–H and O–H groups in total. The summed E-state index contributed by atoms with van der Waals surface area (Å²) in [4.78, 5) is 16.3. The van der Waals surface area contributed by atoms with E-state index in [4.69, 9.17) is 10.2 Å². The van der Waals surface area contributed by atoms with Gasteiger partial charge in [-0.2, -0.15) is 0 Å². The molecule has 20 heavy (non-hydrogen) atoms. The normalized spacial score (nSPS) is 12.8. The van der Waals surface area contributed by atoms with E-state index in [0.29, 0.717) is 18.0 Å². The molecule has 0 radical (unpaired) electrons. The molecule has 0 unspecified atom stereocenters. The molecule has 2 aromatic rings. The third kappa shape index (κ3) is 3.17. The summed E-state index contributed by atoms with van der Waals surface area (Å²) in [6.07, 6.45) is 1.56. The van der Waals surface area contributed by atoms with E-state index >= 15 is 0 Å². The van der Waals surface area contributed by atoms with Gasteiger partial charge in [-0.15, -0.1) is 0 Å². The van der Waals surface area contributed by atoms with Crippen LogP contribution in [0.25, 0.3) is 11.1 Å². The summed E-state index contributed by atoms with van der Waals surface area (Å²) in [6.45, 7) is 6.05. The fourth-order valence-electron chi connectivity index (χ4n) is 1.95. The Labute approximate surface area is 118 Å². The summed E-state index contributed by atoms with van der Waals surface area (Å²) in [7, 11) is 0. The van der Waals surface area contributed by atoms with Crippen LogP contribution in [0, 0.1) is 0 Å². The zero-order valence-corrected chi connectivity index (χ0v) is 12.1. The minimum atomic E-state index is -0.473. The molecule has 1 amide bonds. The molecule has 1 aromatic carbocycles. The Kier molecular flexibility index (Phi) is 4.39. The molecule has 1 atom stereocenters. The molecule has 0 aliphatic heterocycles. The van der Waals surface area contributed by atoms with Crippen molar-refractivity contribution in [3.8, 4) is 0 Å². The van der Waals surface area contributed by atoms with Gasteiger partial charge in [0.1, 0.15) is 5.52 Å². The number of nitrogens with two attached hydrogens (primary N) is 1. The van der Waals surface area contributed by atoms with Crippen LogP contribution in [0.4, 0.5) is 5.69 Å². The molecule has 0 aliphatic carbocycles. The number of rotatable bonds is 5. The highest BCUT2D eigenvalue weighted by Crippen LogP contribution is 2.23. The van der Waals surface area contributed by atoms with Crippen LogP contribution < -0.4 is 11.1 Å². The van der Waals surface area contributed by atoms with Crippen molar-refractivity contribution in [2.75, 3.05) is 5.32 Å². The highest BCUT2D eigenvalue weighted by Gasteiger charge is 2.14. The van der Waals surface area contributed by atoms with E-state index in [0.717, 1.165) is 17.5 Å².